The van der Waals surface area contributed by atoms with Crippen molar-refractivity contribution in [1.29, 1.82) is 0 Å². The molecule has 0 aliphatic carbocycles. The highest BCUT2D eigenvalue weighted by Crippen LogP contribution is 2.25. The van der Waals surface area contributed by atoms with Crippen LogP contribution in [0, 0.1) is 0 Å². The van der Waals surface area contributed by atoms with Gasteiger partial charge in [-0.25, -0.2) is 13.8 Å². The minimum absolute atomic E-state index is 0.377. The monoisotopic (exact) mass is 452 g/mol. The third-order valence-electron chi connectivity index (χ3n) is 3.82. The van der Waals surface area contributed by atoms with E-state index in [1.54, 1.807) is 30.5 Å². The first-order valence-corrected chi connectivity index (χ1v) is 10.6. The summed E-state index contributed by atoms with van der Waals surface area (Å²) in [5, 5.41) is 3.97. The number of carbonyl (C=O) groups is 1. The van der Waals surface area contributed by atoms with Crippen LogP contribution in [0.5, 0.6) is 0 Å². The summed E-state index contributed by atoms with van der Waals surface area (Å²) in [6.45, 7) is 0. The summed E-state index contributed by atoms with van der Waals surface area (Å²) in [4.78, 5) is 14.1. The average Bonchev–Trinajstić information content (AvgIpc) is 2.60. The molecule has 0 saturated heterocycles. The van der Waals surface area contributed by atoms with Gasteiger partial charge in [0.2, 0.25) is 10.0 Å². The van der Waals surface area contributed by atoms with Crippen LogP contribution in [0.4, 0.5) is 11.4 Å². The summed E-state index contributed by atoms with van der Waals surface area (Å²) in [6, 6.07) is 12.0. The second-order valence-electron chi connectivity index (χ2n) is 6.08. The highest BCUT2D eigenvalue weighted by molar-refractivity contribution is 9.10. The van der Waals surface area contributed by atoms with Crippen LogP contribution in [0.3, 0.4) is 0 Å². The molecule has 2 aromatic rings. The van der Waals surface area contributed by atoms with Crippen molar-refractivity contribution in [3.8, 4) is 0 Å². The number of rotatable bonds is 6. The summed E-state index contributed by atoms with van der Waals surface area (Å²) in [5.41, 5.74) is 5.18. The average molecular weight is 453 g/mol. The number of hydrogen-bond acceptors (Lipinski definition) is 5. The Labute approximate surface area is 167 Å². The molecule has 2 aromatic carbocycles. The Hall–Kier alpha value is -2.39. The van der Waals surface area contributed by atoms with E-state index in [-0.39, 0.29) is 5.91 Å². The molecule has 7 nitrogen and oxygen atoms in total. The number of anilines is 2. The fourth-order valence-corrected chi connectivity index (χ4v) is 3.47. The Kier molecular flexibility index (Phi) is 6.61. The number of carbonyl (C=O) groups excluding carboxylic acids is 1. The molecular formula is C18H21BrN4O3S. The molecule has 0 bridgehead atoms. The van der Waals surface area contributed by atoms with Gasteiger partial charge in [0.15, 0.2) is 0 Å². The summed E-state index contributed by atoms with van der Waals surface area (Å²) in [6.07, 6.45) is 2.67. The van der Waals surface area contributed by atoms with Crippen LogP contribution in [0.2, 0.25) is 0 Å². The van der Waals surface area contributed by atoms with E-state index in [4.69, 9.17) is 0 Å². The van der Waals surface area contributed by atoms with Crippen LogP contribution < -0.4 is 14.6 Å². The van der Waals surface area contributed by atoms with Gasteiger partial charge in [-0.05, 0) is 57.9 Å². The minimum atomic E-state index is -3.34. The van der Waals surface area contributed by atoms with Crippen LogP contribution in [0.15, 0.2) is 52.0 Å². The third kappa shape index (κ3) is 5.54. The first kappa shape index (κ1) is 20.9. The van der Waals surface area contributed by atoms with E-state index in [0.717, 1.165) is 26.3 Å². The largest absolute Gasteiger partial charge is 0.377 e. The molecule has 0 fully saturated rings. The van der Waals surface area contributed by atoms with E-state index in [1.165, 1.54) is 7.05 Å². The van der Waals surface area contributed by atoms with Crippen molar-refractivity contribution in [1.82, 2.24) is 5.43 Å². The fraction of sp³-hybridized carbons (Fsp3) is 0.222. The maximum Gasteiger partial charge on any atom is 0.271 e. The fourth-order valence-electron chi connectivity index (χ4n) is 2.21. The summed E-state index contributed by atoms with van der Waals surface area (Å²) in [5.74, 6) is -0.385. The van der Waals surface area contributed by atoms with E-state index >= 15 is 0 Å². The number of nitrogens with one attached hydrogen (secondary N) is 1. The Balaban J connectivity index is 2.03. The van der Waals surface area contributed by atoms with Crippen LogP contribution in [0.25, 0.3) is 0 Å². The van der Waals surface area contributed by atoms with Gasteiger partial charge in [0.1, 0.15) is 0 Å². The van der Waals surface area contributed by atoms with Gasteiger partial charge in [-0.3, -0.25) is 9.10 Å². The van der Waals surface area contributed by atoms with Crippen LogP contribution >= 0.6 is 15.9 Å². The second kappa shape index (κ2) is 8.53. The standard InChI is InChI=1S/C18H21BrN4O3S/c1-22(2)17-10-5-13(11-16(17)19)12-20-21-18(24)14-6-8-15(9-7-14)23(3)27(4,25)26/h5-12H,1-4H3,(H,21,24)/b20-12-. The zero-order chi connectivity index (χ0) is 20.2. The van der Waals surface area contributed by atoms with Crippen LogP contribution in [-0.2, 0) is 10.0 Å². The maximum atomic E-state index is 12.2. The van der Waals surface area contributed by atoms with Crippen molar-refractivity contribution in [2.45, 2.75) is 0 Å². The molecule has 0 spiro atoms. The Morgan fingerprint density at radius 3 is 2.26 bits per heavy atom. The van der Waals surface area contributed by atoms with Gasteiger partial charge < -0.3 is 4.90 Å². The zero-order valence-corrected chi connectivity index (χ0v) is 17.9. The normalized spacial score (nSPS) is 11.4. The van der Waals surface area contributed by atoms with Crippen molar-refractivity contribution in [3.63, 3.8) is 0 Å². The SMILES string of the molecule is CN(C)c1ccc(/C=N\NC(=O)c2ccc(N(C)S(C)(=O)=O)cc2)cc1Br. The van der Waals surface area contributed by atoms with Crippen molar-refractivity contribution >= 4 is 49.4 Å². The van der Waals surface area contributed by atoms with Gasteiger partial charge in [-0.1, -0.05) is 6.07 Å². The van der Waals surface area contributed by atoms with Gasteiger partial charge in [-0.15, -0.1) is 0 Å². The van der Waals surface area contributed by atoms with Crippen molar-refractivity contribution in [2.75, 3.05) is 36.6 Å². The molecule has 0 radical (unpaired) electrons. The molecule has 0 aliphatic rings. The lowest BCUT2D eigenvalue weighted by Gasteiger charge is -2.16. The van der Waals surface area contributed by atoms with Crippen molar-refractivity contribution in [3.05, 3.63) is 58.1 Å². The van der Waals surface area contributed by atoms with Gasteiger partial charge in [0.05, 0.1) is 23.8 Å². The van der Waals surface area contributed by atoms with Crippen molar-refractivity contribution < 1.29 is 13.2 Å². The van der Waals surface area contributed by atoms with Crippen molar-refractivity contribution in [2.24, 2.45) is 5.10 Å². The second-order valence-corrected chi connectivity index (χ2v) is 8.95. The predicted molar refractivity (Wildman–Crippen MR) is 113 cm³/mol. The molecule has 1 amide bonds. The predicted octanol–water partition coefficient (Wildman–Crippen LogP) is 2.67. The van der Waals surface area contributed by atoms with E-state index < -0.39 is 10.0 Å². The number of halogens is 1. The molecule has 27 heavy (non-hydrogen) atoms. The van der Waals surface area contributed by atoms with Gasteiger partial charge >= 0.3 is 0 Å². The van der Waals surface area contributed by atoms with E-state index in [1.807, 2.05) is 37.2 Å². The quantitative estimate of drug-likeness (QED) is 0.539. The summed E-state index contributed by atoms with van der Waals surface area (Å²) < 4.78 is 25.1. The lowest BCUT2D eigenvalue weighted by Crippen LogP contribution is -2.25. The van der Waals surface area contributed by atoms with Crippen LogP contribution in [0.1, 0.15) is 15.9 Å². The van der Waals surface area contributed by atoms with E-state index in [2.05, 4.69) is 26.5 Å². The minimum Gasteiger partial charge on any atom is -0.377 e. The molecule has 9 heteroatoms. The lowest BCUT2D eigenvalue weighted by molar-refractivity contribution is 0.0955. The zero-order valence-electron chi connectivity index (χ0n) is 15.5. The molecule has 144 valence electrons. The Bertz CT molecular complexity index is 957. The first-order chi connectivity index (χ1) is 12.6. The number of nitrogens with zero attached hydrogens (tertiary/aromatic N) is 3. The summed E-state index contributed by atoms with van der Waals surface area (Å²) in [7, 11) is 2.01. The molecule has 0 unspecified atom stereocenters. The number of amides is 1. The highest BCUT2D eigenvalue weighted by Gasteiger charge is 2.12. The van der Waals surface area contributed by atoms with Gasteiger partial charge in [-0.2, -0.15) is 5.10 Å². The number of benzene rings is 2. The van der Waals surface area contributed by atoms with E-state index in [0.29, 0.717) is 11.3 Å². The van der Waals surface area contributed by atoms with Gasteiger partial charge in [0, 0.05) is 31.2 Å². The molecular weight excluding hydrogens is 432 g/mol. The Morgan fingerprint density at radius 2 is 1.74 bits per heavy atom. The molecule has 0 aliphatic heterocycles. The third-order valence-corrected chi connectivity index (χ3v) is 5.66. The smallest absolute Gasteiger partial charge is 0.271 e. The summed E-state index contributed by atoms with van der Waals surface area (Å²) >= 11 is 3.50. The number of hydrazone groups is 1. The number of sulfonamides is 1. The molecule has 2 rings (SSSR count). The van der Waals surface area contributed by atoms with Gasteiger partial charge in [0.25, 0.3) is 5.91 Å². The Morgan fingerprint density at radius 1 is 1.11 bits per heavy atom. The molecule has 0 aromatic heterocycles. The topological polar surface area (TPSA) is 82.1 Å². The first-order valence-electron chi connectivity index (χ1n) is 7.94. The lowest BCUT2D eigenvalue weighted by atomic mass is 10.2. The molecule has 0 saturated carbocycles. The molecule has 0 atom stereocenters. The maximum absolute atomic E-state index is 12.2. The number of hydrogen-bond donors (Lipinski definition) is 1. The highest BCUT2D eigenvalue weighted by atomic mass is 79.9. The molecule has 1 N–H and O–H groups in total. The van der Waals surface area contributed by atoms with E-state index in [9.17, 15) is 13.2 Å². The molecule has 0 heterocycles. The van der Waals surface area contributed by atoms with Crippen LogP contribution in [-0.4, -0.2) is 47.9 Å².